The van der Waals surface area contributed by atoms with Crippen molar-refractivity contribution >= 4 is 35.0 Å². The van der Waals surface area contributed by atoms with Crippen LogP contribution in [0.2, 0.25) is 10.0 Å². The van der Waals surface area contributed by atoms with E-state index in [0.717, 1.165) is 17.5 Å². The Kier molecular flexibility index (Phi) is 8.54. The molecule has 0 aliphatic rings. The second-order valence-corrected chi connectivity index (χ2v) is 8.20. The molecule has 2 atom stereocenters. The molecular weight excluding hydrogens is 407 g/mol. The quantitative estimate of drug-likeness (QED) is 0.622. The monoisotopic (exact) mass is 434 g/mol. The highest BCUT2D eigenvalue weighted by molar-refractivity contribution is 6.36. The zero-order valence-corrected chi connectivity index (χ0v) is 18.8. The maximum Gasteiger partial charge on any atom is 0.242 e. The van der Waals surface area contributed by atoms with E-state index in [1.807, 2.05) is 45.0 Å². The molecule has 0 saturated carbocycles. The molecule has 0 heterocycles. The molecule has 0 radical (unpaired) electrons. The first-order valence-corrected chi connectivity index (χ1v) is 10.6. The van der Waals surface area contributed by atoms with Crippen LogP contribution in [0.4, 0.5) is 0 Å². The zero-order valence-electron chi connectivity index (χ0n) is 17.3. The van der Waals surface area contributed by atoms with Gasteiger partial charge < -0.3 is 10.2 Å². The van der Waals surface area contributed by atoms with E-state index in [-0.39, 0.29) is 30.8 Å². The van der Waals surface area contributed by atoms with Crippen molar-refractivity contribution in [3.63, 3.8) is 0 Å². The van der Waals surface area contributed by atoms with Crippen LogP contribution in [-0.4, -0.2) is 28.8 Å². The predicted octanol–water partition coefficient (Wildman–Crippen LogP) is 5.18. The Bertz CT molecular complexity index is 849. The van der Waals surface area contributed by atoms with Crippen LogP contribution in [0, 0.1) is 6.92 Å². The molecule has 156 valence electrons. The summed E-state index contributed by atoms with van der Waals surface area (Å²) in [4.78, 5) is 27.5. The number of carbonyl (C=O) groups excluding carboxylic acids is 2. The average Bonchev–Trinajstić information content (AvgIpc) is 2.67. The van der Waals surface area contributed by atoms with Crippen molar-refractivity contribution in [3.05, 3.63) is 69.2 Å². The van der Waals surface area contributed by atoms with E-state index in [1.54, 1.807) is 30.0 Å². The number of hydrogen-bond acceptors (Lipinski definition) is 2. The van der Waals surface area contributed by atoms with E-state index in [4.69, 9.17) is 23.2 Å². The van der Waals surface area contributed by atoms with Gasteiger partial charge in [0, 0.05) is 28.2 Å². The van der Waals surface area contributed by atoms with Crippen LogP contribution in [0.25, 0.3) is 0 Å². The summed E-state index contributed by atoms with van der Waals surface area (Å²) in [6.45, 7) is 7.82. The minimum Gasteiger partial charge on any atom is -0.352 e. The molecule has 0 bridgehead atoms. The summed E-state index contributed by atoms with van der Waals surface area (Å²) in [7, 11) is 0. The lowest BCUT2D eigenvalue weighted by molar-refractivity contribution is -0.140. The van der Waals surface area contributed by atoms with Crippen LogP contribution in [0.1, 0.15) is 43.9 Å². The number of amides is 2. The standard InChI is InChI=1S/C23H28Cl2N2O2/c1-5-16(3)26-23(29)17(4)27(14-19-20(24)10-7-11-21(19)25)22(28)13-18-9-6-8-15(2)12-18/h6-12,16-17H,5,13-14H2,1-4H3,(H,26,29)/t16-,17+/m0/s1. The van der Waals surface area contributed by atoms with Gasteiger partial charge in [-0.2, -0.15) is 0 Å². The molecule has 2 rings (SSSR count). The minimum absolute atomic E-state index is 0.0302. The van der Waals surface area contributed by atoms with Gasteiger partial charge in [-0.05, 0) is 44.9 Å². The number of carbonyl (C=O) groups is 2. The van der Waals surface area contributed by atoms with Gasteiger partial charge >= 0.3 is 0 Å². The summed E-state index contributed by atoms with van der Waals surface area (Å²) in [5.41, 5.74) is 2.62. The fourth-order valence-corrected chi connectivity index (χ4v) is 3.52. The smallest absolute Gasteiger partial charge is 0.242 e. The summed E-state index contributed by atoms with van der Waals surface area (Å²) >= 11 is 12.7. The molecule has 4 nitrogen and oxygen atoms in total. The summed E-state index contributed by atoms with van der Waals surface area (Å²) in [6.07, 6.45) is 1.01. The van der Waals surface area contributed by atoms with E-state index < -0.39 is 6.04 Å². The van der Waals surface area contributed by atoms with E-state index in [2.05, 4.69) is 5.32 Å². The van der Waals surface area contributed by atoms with E-state index >= 15 is 0 Å². The summed E-state index contributed by atoms with van der Waals surface area (Å²) in [6, 6.07) is 12.4. The largest absolute Gasteiger partial charge is 0.352 e. The second kappa shape index (κ2) is 10.7. The van der Waals surface area contributed by atoms with Crippen molar-refractivity contribution in [2.45, 2.75) is 59.2 Å². The van der Waals surface area contributed by atoms with E-state index in [0.29, 0.717) is 15.6 Å². The second-order valence-electron chi connectivity index (χ2n) is 7.38. The Morgan fingerprint density at radius 2 is 1.69 bits per heavy atom. The first kappa shape index (κ1) is 23.2. The highest BCUT2D eigenvalue weighted by Crippen LogP contribution is 2.27. The van der Waals surface area contributed by atoms with Gasteiger partial charge in [-0.1, -0.05) is 66.0 Å². The molecule has 1 N–H and O–H groups in total. The molecule has 29 heavy (non-hydrogen) atoms. The minimum atomic E-state index is -0.659. The lowest BCUT2D eigenvalue weighted by Gasteiger charge is -2.30. The Hall–Kier alpha value is -2.04. The number of nitrogens with zero attached hydrogens (tertiary/aromatic N) is 1. The highest BCUT2D eigenvalue weighted by Gasteiger charge is 2.28. The van der Waals surface area contributed by atoms with Crippen molar-refractivity contribution in [1.82, 2.24) is 10.2 Å². The van der Waals surface area contributed by atoms with Gasteiger partial charge in [-0.3, -0.25) is 9.59 Å². The van der Waals surface area contributed by atoms with Crippen molar-refractivity contribution in [2.75, 3.05) is 0 Å². The van der Waals surface area contributed by atoms with Crippen LogP contribution in [-0.2, 0) is 22.6 Å². The molecule has 0 spiro atoms. The van der Waals surface area contributed by atoms with Gasteiger partial charge in [0.05, 0.1) is 6.42 Å². The maximum atomic E-state index is 13.2. The SMILES string of the molecule is CC[C@H](C)NC(=O)[C@@H](C)N(Cc1c(Cl)cccc1Cl)C(=O)Cc1cccc(C)c1. The van der Waals surface area contributed by atoms with Crippen LogP contribution < -0.4 is 5.32 Å². The molecule has 0 unspecified atom stereocenters. The first-order valence-electron chi connectivity index (χ1n) is 9.81. The predicted molar refractivity (Wildman–Crippen MR) is 119 cm³/mol. The molecule has 0 fully saturated rings. The summed E-state index contributed by atoms with van der Waals surface area (Å²) in [5, 5.41) is 3.90. The number of halogens is 2. The number of benzene rings is 2. The summed E-state index contributed by atoms with van der Waals surface area (Å²) < 4.78 is 0. The average molecular weight is 435 g/mol. The van der Waals surface area contributed by atoms with Gasteiger partial charge in [0.25, 0.3) is 0 Å². The van der Waals surface area contributed by atoms with Crippen LogP contribution in [0.15, 0.2) is 42.5 Å². The third-order valence-electron chi connectivity index (χ3n) is 5.00. The topological polar surface area (TPSA) is 49.4 Å². The molecule has 0 aliphatic carbocycles. The fourth-order valence-electron chi connectivity index (χ4n) is 3.00. The van der Waals surface area contributed by atoms with Gasteiger partial charge in [0.15, 0.2) is 0 Å². The maximum absolute atomic E-state index is 13.2. The van der Waals surface area contributed by atoms with Crippen molar-refractivity contribution in [1.29, 1.82) is 0 Å². The van der Waals surface area contributed by atoms with Gasteiger partial charge in [0.2, 0.25) is 11.8 Å². The molecule has 0 saturated heterocycles. The normalized spacial score (nSPS) is 12.9. The van der Waals surface area contributed by atoms with Crippen LogP contribution >= 0.6 is 23.2 Å². The summed E-state index contributed by atoms with van der Waals surface area (Å²) in [5.74, 6) is -0.349. The molecule has 2 amide bonds. The van der Waals surface area contributed by atoms with Crippen molar-refractivity contribution in [2.24, 2.45) is 0 Å². The lowest BCUT2D eigenvalue weighted by Crippen LogP contribution is -2.50. The Balaban J connectivity index is 2.31. The van der Waals surface area contributed by atoms with Gasteiger partial charge in [0.1, 0.15) is 6.04 Å². The van der Waals surface area contributed by atoms with E-state index in [1.165, 1.54) is 0 Å². The lowest BCUT2D eigenvalue weighted by atomic mass is 10.1. The zero-order chi connectivity index (χ0) is 21.6. The molecule has 2 aromatic rings. The Morgan fingerprint density at radius 1 is 1.07 bits per heavy atom. The first-order chi connectivity index (χ1) is 13.7. The molecular formula is C23H28Cl2N2O2. The number of nitrogens with one attached hydrogen (secondary N) is 1. The molecule has 0 aliphatic heterocycles. The molecule has 6 heteroatoms. The number of hydrogen-bond donors (Lipinski definition) is 1. The van der Waals surface area contributed by atoms with Crippen molar-refractivity contribution in [3.8, 4) is 0 Å². The van der Waals surface area contributed by atoms with Crippen LogP contribution in [0.3, 0.4) is 0 Å². The van der Waals surface area contributed by atoms with Crippen LogP contribution in [0.5, 0.6) is 0 Å². The molecule has 0 aromatic heterocycles. The van der Waals surface area contributed by atoms with Crippen molar-refractivity contribution < 1.29 is 9.59 Å². The third-order valence-corrected chi connectivity index (χ3v) is 5.70. The number of aryl methyl sites for hydroxylation is 1. The number of rotatable bonds is 8. The Labute approximate surface area is 183 Å². The Morgan fingerprint density at radius 3 is 2.28 bits per heavy atom. The van der Waals surface area contributed by atoms with Gasteiger partial charge in [-0.15, -0.1) is 0 Å². The third kappa shape index (κ3) is 6.48. The van der Waals surface area contributed by atoms with E-state index in [9.17, 15) is 9.59 Å². The molecule has 2 aromatic carbocycles. The van der Waals surface area contributed by atoms with Gasteiger partial charge in [-0.25, -0.2) is 0 Å². The fraction of sp³-hybridized carbons (Fsp3) is 0.391. The highest BCUT2D eigenvalue weighted by atomic mass is 35.5.